The maximum Gasteiger partial charge on any atom is 0.344 e. The summed E-state index contributed by atoms with van der Waals surface area (Å²) in [5, 5.41) is 0. The van der Waals surface area contributed by atoms with E-state index in [1.165, 1.54) is 0 Å². The van der Waals surface area contributed by atoms with Crippen molar-refractivity contribution in [2.24, 2.45) is 0 Å². The van der Waals surface area contributed by atoms with Gasteiger partial charge >= 0.3 is 5.97 Å². The highest BCUT2D eigenvalue weighted by atomic mass is 16.6. The van der Waals surface area contributed by atoms with E-state index in [0.29, 0.717) is 29.6 Å². The molecule has 0 spiro atoms. The zero-order valence-electron chi connectivity index (χ0n) is 16.0. The van der Waals surface area contributed by atoms with Gasteiger partial charge in [-0.15, -0.1) is 0 Å². The normalized spacial score (nSPS) is 10.5. The smallest absolute Gasteiger partial charge is 0.344 e. The van der Waals surface area contributed by atoms with Gasteiger partial charge < -0.3 is 23.7 Å². The van der Waals surface area contributed by atoms with E-state index >= 15 is 0 Å². The van der Waals surface area contributed by atoms with Gasteiger partial charge in [0.25, 0.3) is 0 Å². The standard InChI is InChI=1S/C21H24O6/c1-5-26-20(22)14-27-17-10-8-15(9-11-17)6-7-16-12-18(23-2)21(25-4)19(13-16)24-3/h6-13H,5,14H2,1-4H3/b7-6+. The van der Waals surface area contributed by atoms with Gasteiger partial charge in [0.1, 0.15) is 5.75 Å². The number of esters is 1. The van der Waals surface area contributed by atoms with Gasteiger partial charge in [0.2, 0.25) is 5.75 Å². The Morgan fingerprint density at radius 3 is 2.00 bits per heavy atom. The maximum atomic E-state index is 11.3. The quantitative estimate of drug-likeness (QED) is 0.492. The molecule has 0 bridgehead atoms. The average Bonchev–Trinajstić information content (AvgIpc) is 2.70. The molecule has 0 saturated heterocycles. The Kier molecular flexibility index (Phi) is 7.55. The molecule has 0 aliphatic heterocycles. The second-order valence-corrected chi connectivity index (χ2v) is 5.45. The molecule has 0 atom stereocenters. The molecule has 6 heteroatoms. The number of rotatable bonds is 9. The largest absolute Gasteiger partial charge is 0.493 e. The molecule has 0 fully saturated rings. The summed E-state index contributed by atoms with van der Waals surface area (Å²) in [7, 11) is 4.74. The van der Waals surface area contributed by atoms with Gasteiger partial charge in [0, 0.05) is 0 Å². The summed E-state index contributed by atoms with van der Waals surface area (Å²) in [6, 6.07) is 11.1. The molecule has 0 aromatic heterocycles. The summed E-state index contributed by atoms with van der Waals surface area (Å²) in [4.78, 5) is 11.3. The van der Waals surface area contributed by atoms with Crippen LogP contribution >= 0.6 is 0 Å². The van der Waals surface area contributed by atoms with Crippen LogP contribution in [0.15, 0.2) is 36.4 Å². The molecule has 6 nitrogen and oxygen atoms in total. The molecule has 2 aromatic carbocycles. The minimum atomic E-state index is -0.385. The average molecular weight is 372 g/mol. The number of hydrogen-bond donors (Lipinski definition) is 0. The van der Waals surface area contributed by atoms with E-state index in [1.807, 2.05) is 36.4 Å². The SMILES string of the molecule is CCOC(=O)COc1ccc(/C=C/c2cc(OC)c(OC)c(OC)c2)cc1. The molecule has 0 saturated carbocycles. The summed E-state index contributed by atoms with van der Waals surface area (Å²) in [5.74, 6) is 1.97. The second-order valence-electron chi connectivity index (χ2n) is 5.45. The van der Waals surface area contributed by atoms with Crippen molar-refractivity contribution in [1.29, 1.82) is 0 Å². The maximum absolute atomic E-state index is 11.3. The summed E-state index contributed by atoms with van der Waals surface area (Å²) < 4.78 is 26.2. The lowest BCUT2D eigenvalue weighted by Crippen LogP contribution is -2.14. The van der Waals surface area contributed by atoms with Crippen molar-refractivity contribution < 1.29 is 28.5 Å². The van der Waals surface area contributed by atoms with Crippen molar-refractivity contribution in [2.45, 2.75) is 6.92 Å². The molecule has 2 aromatic rings. The van der Waals surface area contributed by atoms with Gasteiger partial charge in [0.15, 0.2) is 18.1 Å². The van der Waals surface area contributed by atoms with Gasteiger partial charge in [-0.2, -0.15) is 0 Å². The molecular formula is C21H24O6. The lowest BCUT2D eigenvalue weighted by atomic mass is 10.1. The van der Waals surface area contributed by atoms with E-state index in [1.54, 1.807) is 40.4 Å². The first-order valence-electron chi connectivity index (χ1n) is 8.47. The monoisotopic (exact) mass is 372 g/mol. The van der Waals surface area contributed by atoms with Crippen molar-refractivity contribution in [1.82, 2.24) is 0 Å². The summed E-state index contributed by atoms with van der Waals surface area (Å²) >= 11 is 0. The van der Waals surface area contributed by atoms with Crippen LogP contribution in [0.2, 0.25) is 0 Å². The fraction of sp³-hybridized carbons (Fsp3) is 0.286. The minimum Gasteiger partial charge on any atom is -0.493 e. The highest BCUT2D eigenvalue weighted by Gasteiger charge is 2.12. The number of methoxy groups -OCH3 is 3. The number of hydrogen-bond acceptors (Lipinski definition) is 6. The Balaban J connectivity index is 2.08. The van der Waals surface area contributed by atoms with Crippen LogP contribution < -0.4 is 18.9 Å². The van der Waals surface area contributed by atoms with Gasteiger partial charge in [0.05, 0.1) is 27.9 Å². The van der Waals surface area contributed by atoms with E-state index in [0.717, 1.165) is 11.1 Å². The molecule has 0 aliphatic rings. The third-order valence-corrected chi connectivity index (χ3v) is 3.70. The molecule has 0 amide bonds. The molecule has 144 valence electrons. The highest BCUT2D eigenvalue weighted by molar-refractivity contribution is 5.73. The first-order chi connectivity index (χ1) is 13.1. The predicted octanol–water partition coefficient (Wildman–Crippen LogP) is 3.82. The molecule has 0 N–H and O–H groups in total. The Hall–Kier alpha value is -3.15. The van der Waals surface area contributed by atoms with Crippen molar-refractivity contribution in [2.75, 3.05) is 34.5 Å². The van der Waals surface area contributed by atoms with Crippen molar-refractivity contribution in [3.63, 3.8) is 0 Å². The number of carbonyl (C=O) groups is 1. The second kappa shape index (κ2) is 10.1. The molecule has 0 radical (unpaired) electrons. The third-order valence-electron chi connectivity index (χ3n) is 3.70. The van der Waals surface area contributed by atoms with Crippen molar-refractivity contribution >= 4 is 18.1 Å². The van der Waals surface area contributed by atoms with Crippen LogP contribution in [0, 0.1) is 0 Å². The molecule has 0 unspecified atom stereocenters. The van der Waals surface area contributed by atoms with Crippen molar-refractivity contribution in [3.8, 4) is 23.0 Å². The molecular weight excluding hydrogens is 348 g/mol. The van der Waals surface area contributed by atoms with Gasteiger partial charge in [-0.1, -0.05) is 24.3 Å². The van der Waals surface area contributed by atoms with Crippen molar-refractivity contribution in [3.05, 3.63) is 47.5 Å². The van der Waals surface area contributed by atoms with E-state index in [4.69, 9.17) is 23.7 Å². The highest BCUT2D eigenvalue weighted by Crippen LogP contribution is 2.38. The number of ether oxygens (including phenoxy) is 5. The Morgan fingerprint density at radius 1 is 0.889 bits per heavy atom. The minimum absolute atomic E-state index is 0.103. The summed E-state index contributed by atoms with van der Waals surface area (Å²) in [6.07, 6.45) is 3.90. The lowest BCUT2D eigenvalue weighted by molar-refractivity contribution is -0.145. The predicted molar refractivity (Wildman–Crippen MR) is 104 cm³/mol. The summed E-state index contributed by atoms with van der Waals surface area (Å²) in [5.41, 5.74) is 1.89. The van der Waals surface area contributed by atoms with E-state index in [2.05, 4.69) is 0 Å². The van der Waals surface area contributed by atoms with Gasteiger partial charge in [-0.3, -0.25) is 0 Å². The van der Waals surface area contributed by atoms with E-state index < -0.39 is 0 Å². The van der Waals surface area contributed by atoms with Crippen LogP contribution in [-0.4, -0.2) is 40.5 Å². The van der Waals surface area contributed by atoms with Crippen LogP contribution in [-0.2, 0) is 9.53 Å². The molecule has 2 rings (SSSR count). The van der Waals surface area contributed by atoms with E-state index in [9.17, 15) is 4.79 Å². The zero-order chi connectivity index (χ0) is 19.6. The molecule has 27 heavy (non-hydrogen) atoms. The van der Waals surface area contributed by atoms with Crippen LogP contribution in [0.4, 0.5) is 0 Å². The van der Waals surface area contributed by atoms with Crippen LogP contribution in [0.25, 0.3) is 12.2 Å². The first kappa shape index (κ1) is 20.2. The van der Waals surface area contributed by atoms with Crippen LogP contribution in [0.3, 0.4) is 0 Å². The fourth-order valence-corrected chi connectivity index (χ4v) is 2.41. The van der Waals surface area contributed by atoms with Crippen LogP contribution in [0.5, 0.6) is 23.0 Å². The zero-order valence-corrected chi connectivity index (χ0v) is 16.0. The molecule has 0 aliphatic carbocycles. The number of benzene rings is 2. The number of carbonyl (C=O) groups excluding carboxylic acids is 1. The van der Waals surface area contributed by atoms with Gasteiger partial charge in [-0.05, 0) is 42.3 Å². The lowest BCUT2D eigenvalue weighted by Gasteiger charge is -2.12. The Morgan fingerprint density at radius 2 is 1.48 bits per heavy atom. The summed E-state index contributed by atoms with van der Waals surface area (Å²) in [6.45, 7) is 1.99. The third kappa shape index (κ3) is 5.67. The Bertz CT molecular complexity index is 755. The fourth-order valence-electron chi connectivity index (χ4n) is 2.41. The first-order valence-corrected chi connectivity index (χ1v) is 8.47. The van der Waals surface area contributed by atoms with E-state index in [-0.39, 0.29) is 12.6 Å². The topological polar surface area (TPSA) is 63.2 Å². The van der Waals surface area contributed by atoms with Crippen LogP contribution in [0.1, 0.15) is 18.1 Å². The van der Waals surface area contributed by atoms with Gasteiger partial charge in [-0.25, -0.2) is 4.79 Å². The Labute approximate surface area is 159 Å². The molecule has 0 heterocycles.